The number of hydrogen-bond acceptors (Lipinski definition) is 4. The molecule has 9 heteroatoms. The van der Waals surface area contributed by atoms with Gasteiger partial charge in [-0.1, -0.05) is 6.07 Å². The molecule has 0 spiro atoms. The van der Waals surface area contributed by atoms with Crippen molar-refractivity contribution in [2.75, 3.05) is 32.7 Å². The molecule has 1 amide bonds. The van der Waals surface area contributed by atoms with Crippen LogP contribution in [0.3, 0.4) is 0 Å². The van der Waals surface area contributed by atoms with E-state index in [4.69, 9.17) is 0 Å². The molecule has 2 N–H and O–H groups in total. The molecular formula is C22H30F3N3O3. The third-order valence-electron chi connectivity index (χ3n) is 7.53. The van der Waals surface area contributed by atoms with Crippen molar-refractivity contribution in [3.63, 3.8) is 0 Å². The molecule has 4 rings (SSSR count). The van der Waals surface area contributed by atoms with Crippen LogP contribution >= 0.6 is 0 Å². The SMILES string of the molecule is CC1CN(C2(C)CCN(C(=O)O)CC2)CCN1C1CC(O)c2cc(C(F)(F)F)ccc21. The number of piperidine rings is 1. The van der Waals surface area contributed by atoms with E-state index < -0.39 is 23.9 Å². The Kier molecular flexibility index (Phi) is 5.72. The van der Waals surface area contributed by atoms with Crippen molar-refractivity contribution in [3.8, 4) is 0 Å². The number of aliphatic hydroxyl groups excluding tert-OH is 1. The topological polar surface area (TPSA) is 67.2 Å². The summed E-state index contributed by atoms with van der Waals surface area (Å²) in [5.41, 5.74) is 0.412. The summed E-state index contributed by atoms with van der Waals surface area (Å²) >= 11 is 0. The Morgan fingerprint density at radius 2 is 1.81 bits per heavy atom. The van der Waals surface area contributed by atoms with Crippen LogP contribution in [0, 0.1) is 0 Å². The van der Waals surface area contributed by atoms with E-state index in [1.807, 2.05) is 0 Å². The number of carbonyl (C=O) groups is 1. The molecule has 0 aromatic heterocycles. The average molecular weight is 441 g/mol. The van der Waals surface area contributed by atoms with Gasteiger partial charge in [0.1, 0.15) is 0 Å². The van der Waals surface area contributed by atoms with Gasteiger partial charge in [-0.2, -0.15) is 13.2 Å². The molecule has 1 aliphatic carbocycles. The van der Waals surface area contributed by atoms with Gasteiger partial charge in [-0.25, -0.2) is 4.79 Å². The van der Waals surface area contributed by atoms with Crippen molar-refractivity contribution in [1.29, 1.82) is 0 Å². The molecule has 2 heterocycles. The van der Waals surface area contributed by atoms with Gasteiger partial charge in [-0.15, -0.1) is 0 Å². The van der Waals surface area contributed by atoms with Crippen LogP contribution in [-0.4, -0.2) is 75.3 Å². The van der Waals surface area contributed by atoms with Crippen molar-refractivity contribution >= 4 is 6.09 Å². The first kappa shape index (κ1) is 22.4. The number of rotatable bonds is 2. The first-order valence-corrected chi connectivity index (χ1v) is 10.9. The lowest BCUT2D eigenvalue weighted by molar-refractivity contribution is -0.137. The molecule has 1 aromatic rings. The molecule has 0 bridgehead atoms. The van der Waals surface area contributed by atoms with Crippen LogP contribution in [0.5, 0.6) is 0 Å². The smallest absolute Gasteiger partial charge is 0.416 e. The molecule has 2 saturated heterocycles. The van der Waals surface area contributed by atoms with Crippen LogP contribution in [0.25, 0.3) is 0 Å². The van der Waals surface area contributed by atoms with E-state index >= 15 is 0 Å². The highest BCUT2D eigenvalue weighted by Crippen LogP contribution is 2.46. The van der Waals surface area contributed by atoms with E-state index in [0.29, 0.717) is 25.1 Å². The maximum absolute atomic E-state index is 13.1. The summed E-state index contributed by atoms with van der Waals surface area (Å²) < 4.78 is 39.3. The van der Waals surface area contributed by atoms with E-state index in [2.05, 4.69) is 23.6 Å². The maximum Gasteiger partial charge on any atom is 0.416 e. The van der Waals surface area contributed by atoms with Gasteiger partial charge >= 0.3 is 12.3 Å². The van der Waals surface area contributed by atoms with Crippen molar-refractivity contribution in [3.05, 3.63) is 34.9 Å². The monoisotopic (exact) mass is 441 g/mol. The lowest BCUT2D eigenvalue weighted by Gasteiger charge is -2.52. The fourth-order valence-electron chi connectivity index (χ4n) is 5.54. The zero-order valence-corrected chi connectivity index (χ0v) is 17.9. The highest BCUT2D eigenvalue weighted by atomic mass is 19.4. The molecule has 31 heavy (non-hydrogen) atoms. The third kappa shape index (κ3) is 4.15. The molecule has 3 unspecified atom stereocenters. The van der Waals surface area contributed by atoms with Crippen LogP contribution in [0.1, 0.15) is 61.9 Å². The van der Waals surface area contributed by atoms with Gasteiger partial charge in [0.05, 0.1) is 11.7 Å². The summed E-state index contributed by atoms with van der Waals surface area (Å²) in [6.07, 6.45) is -4.18. The van der Waals surface area contributed by atoms with Crippen molar-refractivity contribution in [2.24, 2.45) is 0 Å². The number of amides is 1. The predicted molar refractivity (Wildman–Crippen MR) is 109 cm³/mol. The number of benzene rings is 1. The zero-order valence-electron chi connectivity index (χ0n) is 17.9. The Hall–Kier alpha value is -1.84. The Morgan fingerprint density at radius 1 is 1.13 bits per heavy atom. The Balaban J connectivity index is 1.45. The summed E-state index contributed by atoms with van der Waals surface area (Å²) in [6.45, 7) is 7.77. The van der Waals surface area contributed by atoms with Gasteiger partial charge in [-0.05, 0) is 56.4 Å². The number of carboxylic acid groups (broad SMARTS) is 1. The molecule has 0 saturated carbocycles. The number of aliphatic hydroxyl groups is 1. The van der Waals surface area contributed by atoms with E-state index in [-0.39, 0.29) is 17.6 Å². The van der Waals surface area contributed by atoms with Gasteiger partial charge in [0.2, 0.25) is 0 Å². The second-order valence-corrected chi connectivity index (χ2v) is 9.41. The Morgan fingerprint density at radius 3 is 2.39 bits per heavy atom. The summed E-state index contributed by atoms with van der Waals surface area (Å²) in [5, 5.41) is 19.7. The first-order valence-electron chi connectivity index (χ1n) is 10.9. The largest absolute Gasteiger partial charge is 0.465 e. The number of piperazine rings is 1. The number of nitrogens with zero attached hydrogens (tertiary/aromatic N) is 3. The number of hydrogen-bond donors (Lipinski definition) is 2. The summed E-state index contributed by atoms with van der Waals surface area (Å²) in [4.78, 5) is 17.4. The van der Waals surface area contributed by atoms with Crippen LogP contribution in [0.2, 0.25) is 0 Å². The minimum absolute atomic E-state index is 0.0546. The number of alkyl halides is 3. The number of likely N-dealkylation sites (tertiary alicyclic amines) is 1. The molecule has 0 radical (unpaired) electrons. The van der Waals surface area contributed by atoms with Crippen LogP contribution in [-0.2, 0) is 6.18 Å². The van der Waals surface area contributed by atoms with E-state index in [1.54, 1.807) is 0 Å². The highest BCUT2D eigenvalue weighted by molar-refractivity contribution is 5.65. The quantitative estimate of drug-likeness (QED) is 0.732. The minimum atomic E-state index is -4.42. The van der Waals surface area contributed by atoms with E-state index in [1.165, 1.54) is 11.0 Å². The molecule has 172 valence electrons. The highest BCUT2D eigenvalue weighted by Gasteiger charge is 2.43. The minimum Gasteiger partial charge on any atom is -0.465 e. The maximum atomic E-state index is 13.1. The fourth-order valence-corrected chi connectivity index (χ4v) is 5.54. The second-order valence-electron chi connectivity index (χ2n) is 9.41. The Bertz CT molecular complexity index is 839. The summed E-state index contributed by atoms with van der Waals surface area (Å²) in [7, 11) is 0. The lowest BCUT2D eigenvalue weighted by atomic mass is 9.86. The van der Waals surface area contributed by atoms with E-state index in [0.717, 1.165) is 50.2 Å². The predicted octanol–water partition coefficient (Wildman–Crippen LogP) is 3.72. The normalized spacial score (nSPS) is 29.7. The number of fused-ring (bicyclic) bond motifs is 1. The van der Waals surface area contributed by atoms with Crippen molar-refractivity contribution < 1.29 is 28.2 Å². The van der Waals surface area contributed by atoms with Gasteiger partial charge in [0, 0.05) is 50.3 Å². The van der Waals surface area contributed by atoms with Gasteiger partial charge in [0.15, 0.2) is 0 Å². The molecule has 2 fully saturated rings. The van der Waals surface area contributed by atoms with Gasteiger partial charge < -0.3 is 15.1 Å². The van der Waals surface area contributed by atoms with Crippen LogP contribution < -0.4 is 0 Å². The molecule has 2 aliphatic heterocycles. The van der Waals surface area contributed by atoms with Gasteiger partial charge in [-0.3, -0.25) is 9.80 Å². The number of halogens is 3. The second kappa shape index (κ2) is 7.94. The third-order valence-corrected chi connectivity index (χ3v) is 7.53. The Labute approximate surface area is 180 Å². The van der Waals surface area contributed by atoms with Crippen molar-refractivity contribution in [1.82, 2.24) is 14.7 Å². The molecule has 6 nitrogen and oxygen atoms in total. The molecule has 3 aliphatic rings. The summed E-state index contributed by atoms with van der Waals surface area (Å²) in [6, 6.07) is 3.82. The average Bonchev–Trinajstić information content (AvgIpc) is 3.03. The molecular weight excluding hydrogens is 411 g/mol. The molecule has 3 atom stereocenters. The van der Waals surface area contributed by atoms with Gasteiger partial charge in [0.25, 0.3) is 0 Å². The first-order chi connectivity index (χ1) is 14.5. The zero-order chi connectivity index (χ0) is 22.6. The molecule has 1 aromatic carbocycles. The standard InChI is InChI=1S/C22H30F3N3O3/c1-14-13-27(21(2)5-7-26(8-6-21)20(30)31)9-10-28(14)18-12-19(29)17-11-15(22(23,24)25)3-4-16(17)18/h3-4,11,14,18-19,29H,5-10,12-13H2,1-2H3,(H,30,31). The van der Waals surface area contributed by atoms with Crippen molar-refractivity contribution in [2.45, 2.75) is 63.0 Å². The van der Waals surface area contributed by atoms with E-state index in [9.17, 15) is 28.2 Å². The lowest BCUT2D eigenvalue weighted by Crippen LogP contribution is -2.62. The summed E-state index contributed by atoms with van der Waals surface area (Å²) in [5.74, 6) is 0. The fraction of sp³-hybridized carbons (Fsp3) is 0.682. The van der Waals surface area contributed by atoms with Crippen LogP contribution in [0.4, 0.5) is 18.0 Å². The van der Waals surface area contributed by atoms with Crippen LogP contribution in [0.15, 0.2) is 18.2 Å².